The molecular formula is C20H23BrN2O2. The summed E-state index contributed by atoms with van der Waals surface area (Å²) in [6, 6.07) is 16.0. The van der Waals surface area contributed by atoms with Crippen LogP contribution < -0.4 is 10.1 Å². The van der Waals surface area contributed by atoms with Gasteiger partial charge in [-0.2, -0.15) is 0 Å². The number of hydrogen-bond acceptors (Lipinski definition) is 3. The average Bonchev–Trinajstić information content (AvgIpc) is 3.17. The number of methoxy groups -OCH3 is 1. The molecule has 0 aromatic heterocycles. The van der Waals surface area contributed by atoms with Crippen LogP contribution in [-0.2, 0) is 0 Å². The molecule has 0 aliphatic carbocycles. The number of ether oxygens (including phenoxy) is 1. The van der Waals surface area contributed by atoms with Crippen LogP contribution in [0.4, 0.5) is 0 Å². The van der Waals surface area contributed by atoms with Crippen molar-refractivity contribution in [3.05, 3.63) is 64.1 Å². The maximum absolute atomic E-state index is 12.7. The van der Waals surface area contributed by atoms with Crippen LogP contribution in [0.3, 0.4) is 0 Å². The summed E-state index contributed by atoms with van der Waals surface area (Å²) in [6.45, 7) is 2.75. The SMILES string of the molecule is COc1ccc(Br)c(C(=O)NCC(c2ccccc2)N2CCCC2)c1. The molecule has 1 N–H and O–H groups in total. The molecule has 0 radical (unpaired) electrons. The summed E-state index contributed by atoms with van der Waals surface area (Å²) >= 11 is 3.45. The first-order valence-electron chi connectivity index (χ1n) is 8.60. The highest BCUT2D eigenvalue weighted by atomic mass is 79.9. The Kier molecular flexibility index (Phi) is 6.10. The van der Waals surface area contributed by atoms with Gasteiger partial charge in [0, 0.05) is 11.0 Å². The molecule has 132 valence electrons. The minimum atomic E-state index is -0.0918. The summed E-state index contributed by atoms with van der Waals surface area (Å²) in [6.07, 6.45) is 2.44. The molecule has 1 saturated heterocycles. The zero-order chi connectivity index (χ0) is 17.6. The Morgan fingerprint density at radius 1 is 1.20 bits per heavy atom. The molecule has 1 fully saturated rings. The zero-order valence-electron chi connectivity index (χ0n) is 14.4. The van der Waals surface area contributed by atoms with Gasteiger partial charge < -0.3 is 10.1 Å². The molecule has 1 atom stereocenters. The minimum Gasteiger partial charge on any atom is -0.497 e. The lowest BCUT2D eigenvalue weighted by atomic mass is 10.1. The van der Waals surface area contributed by atoms with Gasteiger partial charge in [0.15, 0.2) is 0 Å². The molecule has 4 nitrogen and oxygen atoms in total. The Morgan fingerprint density at radius 2 is 1.92 bits per heavy atom. The zero-order valence-corrected chi connectivity index (χ0v) is 16.0. The van der Waals surface area contributed by atoms with E-state index in [-0.39, 0.29) is 11.9 Å². The van der Waals surface area contributed by atoms with Crippen LogP contribution in [-0.4, -0.2) is 37.6 Å². The topological polar surface area (TPSA) is 41.6 Å². The van der Waals surface area contributed by atoms with E-state index in [1.54, 1.807) is 13.2 Å². The summed E-state index contributed by atoms with van der Waals surface area (Å²) in [5.41, 5.74) is 1.84. The van der Waals surface area contributed by atoms with Crippen LogP contribution in [0.1, 0.15) is 34.8 Å². The Labute approximate surface area is 157 Å². The Morgan fingerprint density at radius 3 is 2.60 bits per heavy atom. The van der Waals surface area contributed by atoms with Gasteiger partial charge in [-0.25, -0.2) is 0 Å². The van der Waals surface area contributed by atoms with Crippen molar-refractivity contribution in [1.29, 1.82) is 0 Å². The number of carbonyl (C=O) groups excluding carboxylic acids is 1. The van der Waals surface area contributed by atoms with Crippen LogP contribution in [0, 0.1) is 0 Å². The van der Waals surface area contributed by atoms with Gasteiger partial charge in [-0.15, -0.1) is 0 Å². The summed E-state index contributed by atoms with van der Waals surface area (Å²) in [7, 11) is 1.60. The van der Waals surface area contributed by atoms with Crippen molar-refractivity contribution in [2.45, 2.75) is 18.9 Å². The van der Waals surface area contributed by atoms with Crippen LogP contribution >= 0.6 is 15.9 Å². The van der Waals surface area contributed by atoms with Crippen molar-refractivity contribution in [2.24, 2.45) is 0 Å². The Hall–Kier alpha value is -1.85. The first-order valence-corrected chi connectivity index (χ1v) is 9.39. The molecular weight excluding hydrogens is 380 g/mol. The average molecular weight is 403 g/mol. The second kappa shape index (κ2) is 8.50. The third-order valence-electron chi connectivity index (χ3n) is 4.64. The lowest BCUT2D eigenvalue weighted by Crippen LogP contribution is -2.36. The van der Waals surface area contributed by atoms with Gasteiger partial charge in [-0.1, -0.05) is 30.3 Å². The fourth-order valence-electron chi connectivity index (χ4n) is 3.28. The Bertz CT molecular complexity index is 715. The second-order valence-electron chi connectivity index (χ2n) is 6.23. The van der Waals surface area contributed by atoms with Crippen LogP contribution in [0.15, 0.2) is 53.0 Å². The third kappa shape index (κ3) is 4.41. The quantitative estimate of drug-likeness (QED) is 0.792. The number of amides is 1. The molecule has 1 amide bonds. The van der Waals surface area contributed by atoms with Crippen molar-refractivity contribution in [1.82, 2.24) is 10.2 Å². The predicted octanol–water partition coefficient (Wildman–Crippen LogP) is 4.02. The van der Waals surface area contributed by atoms with Gasteiger partial charge in [-0.3, -0.25) is 9.69 Å². The molecule has 1 unspecified atom stereocenters. The van der Waals surface area contributed by atoms with Crippen LogP contribution in [0.5, 0.6) is 5.75 Å². The molecule has 1 aliphatic heterocycles. The summed E-state index contributed by atoms with van der Waals surface area (Å²) in [5, 5.41) is 3.10. The van der Waals surface area contributed by atoms with Gasteiger partial charge in [0.1, 0.15) is 5.75 Å². The van der Waals surface area contributed by atoms with Crippen molar-refractivity contribution in [2.75, 3.05) is 26.7 Å². The molecule has 25 heavy (non-hydrogen) atoms. The van der Waals surface area contributed by atoms with E-state index in [1.807, 2.05) is 18.2 Å². The lowest BCUT2D eigenvalue weighted by molar-refractivity contribution is 0.0937. The second-order valence-corrected chi connectivity index (χ2v) is 7.08. The monoisotopic (exact) mass is 402 g/mol. The van der Waals surface area contributed by atoms with E-state index in [0.717, 1.165) is 17.6 Å². The lowest BCUT2D eigenvalue weighted by Gasteiger charge is -2.28. The van der Waals surface area contributed by atoms with Gasteiger partial charge >= 0.3 is 0 Å². The first kappa shape index (κ1) is 18.0. The maximum Gasteiger partial charge on any atom is 0.252 e. The smallest absolute Gasteiger partial charge is 0.252 e. The molecule has 0 spiro atoms. The molecule has 1 aliphatic rings. The number of nitrogens with zero attached hydrogens (tertiary/aromatic N) is 1. The highest BCUT2D eigenvalue weighted by Gasteiger charge is 2.24. The van der Waals surface area contributed by atoms with Crippen LogP contribution in [0.2, 0.25) is 0 Å². The van der Waals surface area contributed by atoms with Gasteiger partial charge in [0.25, 0.3) is 5.91 Å². The van der Waals surface area contributed by atoms with E-state index in [9.17, 15) is 4.79 Å². The Balaban J connectivity index is 1.73. The van der Waals surface area contributed by atoms with E-state index < -0.39 is 0 Å². The number of carbonyl (C=O) groups is 1. The number of nitrogens with one attached hydrogen (secondary N) is 1. The largest absolute Gasteiger partial charge is 0.497 e. The third-order valence-corrected chi connectivity index (χ3v) is 5.33. The highest BCUT2D eigenvalue weighted by molar-refractivity contribution is 9.10. The number of halogens is 1. The summed E-state index contributed by atoms with van der Waals surface area (Å²) in [4.78, 5) is 15.1. The number of hydrogen-bond donors (Lipinski definition) is 1. The number of benzene rings is 2. The highest BCUT2D eigenvalue weighted by Crippen LogP contribution is 2.26. The number of rotatable bonds is 6. The fourth-order valence-corrected chi connectivity index (χ4v) is 3.70. The van der Waals surface area contributed by atoms with Crippen molar-refractivity contribution in [3.8, 4) is 5.75 Å². The van der Waals surface area contributed by atoms with Crippen molar-refractivity contribution < 1.29 is 9.53 Å². The van der Waals surface area contributed by atoms with Crippen LogP contribution in [0.25, 0.3) is 0 Å². The van der Waals surface area contributed by atoms with E-state index in [1.165, 1.54) is 18.4 Å². The molecule has 2 aromatic rings. The van der Waals surface area contributed by atoms with E-state index in [4.69, 9.17) is 4.74 Å². The molecule has 1 heterocycles. The van der Waals surface area contributed by atoms with E-state index in [0.29, 0.717) is 17.9 Å². The standard InChI is InChI=1S/C20H23BrN2O2/c1-25-16-9-10-18(21)17(13-16)20(24)22-14-19(23-11-5-6-12-23)15-7-3-2-4-8-15/h2-4,7-10,13,19H,5-6,11-12,14H2,1H3,(H,22,24). The summed E-state index contributed by atoms with van der Waals surface area (Å²) < 4.78 is 5.99. The fraction of sp³-hybridized carbons (Fsp3) is 0.350. The van der Waals surface area contributed by atoms with Gasteiger partial charge in [0.2, 0.25) is 0 Å². The molecule has 0 saturated carbocycles. The molecule has 2 aromatic carbocycles. The van der Waals surface area contributed by atoms with Gasteiger partial charge in [0.05, 0.1) is 18.7 Å². The molecule has 0 bridgehead atoms. The minimum absolute atomic E-state index is 0.0918. The number of likely N-dealkylation sites (tertiary alicyclic amines) is 1. The first-order chi connectivity index (χ1) is 12.2. The van der Waals surface area contributed by atoms with E-state index in [2.05, 4.69) is 50.4 Å². The molecule has 5 heteroatoms. The van der Waals surface area contributed by atoms with Gasteiger partial charge in [-0.05, 0) is 65.6 Å². The molecule has 3 rings (SSSR count). The van der Waals surface area contributed by atoms with Crippen molar-refractivity contribution >= 4 is 21.8 Å². The normalized spacial score (nSPS) is 15.8. The maximum atomic E-state index is 12.7. The predicted molar refractivity (Wildman–Crippen MR) is 103 cm³/mol. The van der Waals surface area contributed by atoms with Crippen molar-refractivity contribution in [3.63, 3.8) is 0 Å². The summed E-state index contributed by atoms with van der Waals surface area (Å²) in [5.74, 6) is 0.582. The van der Waals surface area contributed by atoms with E-state index >= 15 is 0 Å².